The van der Waals surface area contributed by atoms with Gasteiger partial charge in [0.05, 0.1) is 16.7 Å². The summed E-state index contributed by atoms with van der Waals surface area (Å²) in [6, 6.07) is 16.4. The first-order chi connectivity index (χ1) is 22.1. The number of benzene rings is 2. The van der Waals surface area contributed by atoms with E-state index in [-0.39, 0.29) is 17.9 Å². The van der Waals surface area contributed by atoms with E-state index in [0.29, 0.717) is 36.9 Å². The molecule has 6 rings (SSSR count). The molecule has 2 aliphatic carbocycles. The number of fused-ring (bicyclic) bond motifs is 2. The molecule has 2 aliphatic rings. The number of aromatic nitrogens is 2. The van der Waals surface area contributed by atoms with Gasteiger partial charge in [-0.25, -0.2) is 35.7 Å². The summed E-state index contributed by atoms with van der Waals surface area (Å²) >= 11 is 0. The smallest absolute Gasteiger partial charge is 0.220 e. The van der Waals surface area contributed by atoms with Gasteiger partial charge in [0.25, 0.3) is 0 Å². The highest BCUT2D eigenvalue weighted by Crippen LogP contribution is 2.31. The molecule has 2 heterocycles. The molecule has 0 spiro atoms. The number of pyridine rings is 2. The van der Waals surface area contributed by atoms with Crippen LogP contribution in [0.5, 0.6) is 0 Å². The average Bonchev–Trinajstić information content (AvgIpc) is 3.58. The first-order valence-electron chi connectivity index (χ1n) is 15.6. The second-order valence-electron chi connectivity index (χ2n) is 12.8. The molecule has 0 fully saturated rings. The number of aryl methyl sites for hydroxylation is 1. The summed E-state index contributed by atoms with van der Waals surface area (Å²) in [4.78, 5) is 7.74. The normalized spacial score (nSPS) is 17.4. The molecule has 0 aliphatic heterocycles. The maximum Gasteiger partial charge on any atom is 0.220 e. The average molecular weight is 683 g/mol. The lowest BCUT2D eigenvalue weighted by Gasteiger charge is -2.14. The monoisotopic (exact) mass is 682 g/mol. The van der Waals surface area contributed by atoms with Crippen molar-refractivity contribution in [3.63, 3.8) is 0 Å². The quantitative estimate of drug-likeness (QED) is 0.231. The summed E-state index contributed by atoms with van der Waals surface area (Å²) in [5.41, 5.74) is 7.89. The van der Waals surface area contributed by atoms with Gasteiger partial charge in [0.15, 0.2) is 0 Å². The standard InChI is InChI=1S/C18H21FN2O2S.C17H19FN2O2S/c1-11(2)24(22,23)21-16-9-13-5-6-14(8-15(13)10-16)17-7-4-12(3)20-18(17)19;1-11(2)23(21,22)20-17-7-13-4-3-12(5-14(13)8-17)15-6-16(18)10-19-9-15/h4-8,11,16,21H,9-10H2,1-3H3;3-6,9-11,17,20H,7-8H2,1-2H3/t16-;17-/m00/s1. The van der Waals surface area contributed by atoms with E-state index in [1.807, 2.05) is 36.4 Å². The molecule has 12 heteroatoms. The van der Waals surface area contributed by atoms with Crippen molar-refractivity contribution in [3.05, 3.63) is 107 Å². The number of hydrogen-bond acceptors (Lipinski definition) is 6. The fourth-order valence-corrected chi connectivity index (χ4v) is 7.60. The maximum absolute atomic E-state index is 14.1. The minimum Gasteiger partial charge on any atom is -0.261 e. The van der Waals surface area contributed by atoms with Crippen molar-refractivity contribution >= 4 is 20.0 Å². The Bertz CT molecular complexity index is 2000. The summed E-state index contributed by atoms with van der Waals surface area (Å²) in [6.45, 7) is 8.41. The number of nitrogens with one attached hydrogen (secondary N) is 2. The van der Waals surface area contributed by atoms with Gasteiger partial charge in [-0.3, -0.25) is 4.98 Å². The number of nitrogens with zero attached hydrogens (tertiary/aromatic N) is 2. The van der Waals surface area contributed by atoms with Crippen LogP contribution in [0.25, 0.3) is 22.3 Å². The van der Waals surface area contributed by atoms with Crippen LogP contribution in [0, 0.1) is 18.7 Å². The van der Waals surface area contributed by atoms with Gasteiger partial charge in [-0.05, 0) is 112 Å². The fraction of sp³-hybridized carbons (Fsp3) is 0.371. The Kier molecular flexibility index (Phi) is 10.3. The third-order valence-corrected chi connectivity index (χ3v) is 12.3. The molecule has 0 radical (unpaired) electrons. The second kappa shape index (κ2) is 13.9. The second-order valence-corrected chi connectivity index (χ2v) is 17.3. The predicted molar refractivity (Wildman–Crippen MR) is 181 cm³/mol. The van der Waals surface area contributed by atoms with Crippen molar-refractivity contribution in [2.24, 2.45) is 0 Å². The van der Waals surface area contributed by atoms with Crippen molar-refractivity contribution in [1.82, 2.24) is 19.4 Å². The summed E-state index contributed by atoms with van der Waals surface area (Å²) in [6.07, 6.45) is 5.42. The van der Waals surface area contributed by atoms with Crippen molar-refractivity contribution < 1.29 is 25.6 Å². The van der Waals surface area contributed by atoms with Gasteiger partial charge in [-0.2, -0.15) is 4.39 Å². The van der Waals surface area contributed by atoms with Gasteiger partial charge in [-0.1, -0.05) is 36.4 Å². The Morgan fingerprint density at radius 1 is 0.660 bits per heavy atom. The Hall–Kier alpha value is -3.58. The van der Waals surface area contributed by atoms with Crippen LogP contribution in [0.15, 0.2) is 67.0 Å². The molecular weight excluding hydrogens is 643 g/mol. The molecule has 0 saturated carbocycles. The fourth-order valence-electron chi connectivity index (χ4n) is 5.80. The summed E-state index contributed by atoms with van der Waals surface area (Å²) in [5, 5.41) is -0.898. The largest absolute Gasteiger partial charge is 0.261 e. The van der Waals surface area contributed by atoms with Crippen LogP contribution in [0.1, 0.15) is 55.6 Å². The number of rotatable bonds is 8. The van der Waals surface area contributed by atoms with E-state index in [2.05, 4.69) is 19.4 Å². The van der Waals surface area contributed by atoms with Crippen LogP contribution in [-0.2, 0) is 45.7 Å². The van der Waals surface area contributed by atoms with Gasteiger partial charge in [0.2, 0.25) is 26.0 Å². The minimum atomic E-state index is -3.29. The molecule has 250 valence electrons. The molecule has 2 aromatic carbocycles. The molecule has 0 saturated heterocycles. The van der Waals surface area contributed by atoms with Crippen molar-refractivity contribution in [2.45, 2.75) is 82.9 Å². The topological polar surface area (TPSA) is 118 Å². The number of halogens is 2. The van der Waals surface area contributed by atoms with Crippen molar-refractivity contribution in [3.8, 4) is 22.3 Å². The van der Waals surface area contributed by atoms with Gasteiger partial charge in [0, 0.05) is 35.1 Å². The molecule has 0 unspecified atom stereocenters. The van der Waals surface area contributed by atoms with Gasteiger partial charge < -0.3 is 0 Å². The summed E-state index contributed by atoms with van der Waals surface area (Å²) in [7, 11) is -6.57. The first kappa shape index (κ1) is 34.7. The highest BCUT2D eigenvalue weighted by atomic mass is 32.2. The highest BCUT2D eigenvalue weighted by molar-refractivity contribution is 7.90. The van der Waals surface area contributed by atoms with Crippen LogP contribution in [0.4, 0.5) is 8.78 Å². The molecule has 4 aromatic rings. The Morgan fingerprint density at radius 2 is 1.17 bits per heavy atom. The van der Waals surface area contributed by atoms with E-state index in [4.69, 9.17) is 0 Å². The van der Waals surface area contributed by atoms with Crippen LogP contribution < -0.4 is 9.44 Å². The molecule has 0 amide bonds. The number of sulfonamides is 2. The van der Waals surface area contributed by atoms with Crippen LogP contribution in [-0.4, -0.2) is 49.4 Å². The minimum absolute atomic E-state index is 0.113. The van der Waals surface area contributed by atoms with E-state index in [1.165, 1.54) is 12.3 Å². The number of hydrogen-bond donors (Lipinski definition) is 2. The van der Waals surface area contributed by atoms with E-state index in [1.54, 1.807) is 52.9 Å². The third-order valence-electron chi connectivity index (χ3n) is 8.52. The molecule has 2 aromatic heterocycles. The van der Waals surface area contributed by atoms with Gasteiger partial charge in [-0.15, -0.1) is 0 Å². The molecule has 2 N–H and O–H groups in total. The van der Waals surface area contributed by atoms with E-state index in [9.17, 15) is 25.6 Å². The highest BCUT2D eigenvalue weighted by Gasteiger charge is 2.29. The zero-order valence-electron chi connectivity index (χ0n) is 27.1. The Balaban J connectivity index is 0.000000185. The summed E-state index contributed by atoms with van der Waals surface area (Å²) in [5.74, 6) is -0.851. The van der Waals surface area contributed by atoms with Crippen LogP contribution >= 0.6 is 0 Å². The zero-order valence-corrected chi connectivity index (χ0v) is 28.7. The van der Waals surface area contributed by atoms with E-state index in [0.717, 1.165) is 38.9 Å². The lowest BCUT2D eigenvalue weighted by molar-refractivity contribution is 0.546. The summed E-state index contributed by atoms with van der Waals surface area (Å²) < 4.78 is 81.0. The predicted octanol–water partition coefficient (Wildman–Crippen LogP) is 5.67. The molecule has 0 bridgehead atoms. The lowest BCUT2D eigenvalue weighted by atomic mass is 10.0. The molecule has 2 atom stereocenters. The van der Waals surface area contributed by atoms with Crippen molar-refractivity contribution in [2.75, 3.05) is 0 Å². The maximum atomic E-state index is 14.1. The van der Waals surface area contributed by atoms with Gasteiger partial charge >= 0.3 is 0 Å². The zero-order chi connectivity index (χ0) is 34.1. The van der Waals surface area contributed by atoms with E-state index >= 15 is 0 Å². The van der Waals surface area contributed by atoms with E-state index < -0.39 is 36.5 Å². The third kappa shape index (κ3) is 8.29. The lowest BCUT2D eigenvalue weighted by Crippen LogP contribution is -2.39. The van der Waals surface area contributed by atoms with Crippen LogP contribution in [0.2, 0.25) is 0 Å². The Morgan fingerprint density at radius 3 is 1.68 bits per heavy atom. The SMILES string of the molecule is CC(C)S(=O)(=O)N[C@H]1Cc2ccc(-c3cncc(F)c3)cc2C1.Cc1ccc(-c2ccc3c(c2)C[C@@H](NS(=O)(=O)C(C)C)C3)c(F)n1. The molecule has 47 heavy (non-hydrogen) atoms. The van der Waals surface area contributed by atoms with Crippen LogP contribution in [0.3, 0.4) is 0 Å². The first-order valence-corrected chi connectivity index (χ1v) is 18.7. The van der Waals surface area contributed by atoms with Gasteiger partial charge in [0.1, 0.15) is 5.82 Å². The van der Waals surface area contributed by atoms with Crippen molar-refractivity contribution in [1.29, 1.82) is 0 Å². The Labute approximate surface area is 276 Å². The molecule has 8 nitrogen and oxygen atoms in total. The molecular formula is C35H40F2N4O4S2.